The maximum Gasteiger partial charge on any atom is 0.263 e. The van der Waals surface area contributed by atoms with Gasteiger partial charge in [-0.05, 0) is 32.3 Å². The van der Waals surface area contributed by atoms with Gasteiger partial charge in [0.1, 0.15) is 4.88 Å². The van der Waals surface area contributed by atoms with Crippen molar-refractivity contribution in [2.45, 2.75) is 32.7 Å². The van der Waals surface area contributed by atoms with E-state index in [2.05, 4.69) is 24.4 Å². The fourth-order valence-corrected chi connectivity index (χ4v) is 4.31. The number of nitrogens with zero attached hydrogens (tertiary/aromatic N) is 2. The number of hydrogen-bond donors (Lipinski definition) is 1. The van der Waals surface area contributed by atoms with Crippen molar-refractivity contribution >= 4 is 22.2 Å². The molecule has 1 atom stereocenters. The Bertz CT molecular complexity index is 1080. The van der Waals surface area contributed by atoms with Crippen LogP contribution in [0.2, 0.25) is 0 Å². The zero-order chi connectivity index (χ0) is 19.5. The van der Waals surface area contributed by atoms with E-state index in [-0.39, 0.29) is 11.9 Å². The Morgan fingerprint density at radius 2 is 1.79 bits per heavy atom. The Morgan fingerprint density at radius 3 is 2.46 bits per heavy atom. The molecule has 142 valence electrons. The molecular weight excluding hydrogens is 366 g/mol. The Hall–Kier alpha value is -2.92. The summed E-state index contributed by atoms with van der Waals surface area (Å²) < 4.78 is 2.01. The Kier molecular flexibility index (Phi) is 5.26. The van der Waals surface area contributed by atoms with Crippen LogP contribution in [-0.2, 0) is 6.42 Å². The first-order valence-electron chi connectivity index (χ1n) is 9.50. The number of fused-ring (bicyclic) bond motifs is 1. The number of carbonyl (C=O) groups is 1. The summed E-state index contributed by atoms with van der Waals surface area (Å²) >= 11 is 1.44. The fourth-order valence-electron chi connectivity index (χ4n) is 3.30. The van der Waals surface area contributed by atoms with Crippen LogP contribution in [0.3, 0.4) is 0 Å². The second-order valence-corrected chi connectivity index (χ2v) is 8.04. The van der Waals surface area contributed by atoms with Gasteiger partial charge in [0.25, 0.3) is 5.91 Å². The lowest BCUT2D eigenvalue weighted by Gasteiger charge is -2.13. The molecule has 1 unspecified atom stereocenters. The molecule has 0 saturated heterocycles. The summed E-state index contributed by atoms with van der Waals surface area (Å²) in [5, 5.41) is 3.13. The molecule has 0 fully saturated rings. The van der Waals surface area contributed by atoms with Crippen LogP contribution in [0.15, 0.2) is 66.9 Å². The second kappa shape index (κ2) is 7.98. The van der Waals surface area contributed by atoms with Gasteiger partial charge in [0, 0.05) is 23.5 Å². The van der Waals surface area contributed by atoms with E-state index in [9.17, 15) is 4.79 Å². The van der Waals surface area contributed by atoms with Gasteiger partial charge in [0.05, 0.1) is 5.69 Å². The Morgan fingerprint density at radius 1 is 1.11 bits per heavy atom. The lowest BCUT2D eigenvalue weighted by atomic mass is 10.1. The van der Waals surface area contributed by atoms with Crippen molar-refractivity contribution in [3.8, 4) is 11.3 Å². The molecule has 0 spiro atoms. The molecule has 0 radical (unpaired) electrons. The second-order valence-electron chi connectivity index (χ2n) is 7.06. The number of benzene rings is 2. The number of amides is 1. The molecule has 0 aliphatic heterocycles. The van der Waals surface area contributed by atoms with E-state index in [1.165, 1.54) is 16.9 Å². The van der Waals surface area contributed by atoms with Gasteiger partial charge in [-0.2, -0.15) is 0 Å². The molecule has 1 N–H and O–H groups in total. The van der Waals surface area contributed by atoms with E-state index in [4.69, 9.17) is 4.98 Å². The normalized spacial score (nSPS) is 12.2. The average Bonchev–Trinajstić information content (AvgIpc) is 3.27. The molecule has 2 aromatic carbocycles. The van der Waals surface area contributed by atoms with Gasteiger partial charge in [0.2, 0.25) is 0 Å². The molecule has 2 heterocycles. The van der Waals surface area contributed by atoms with Crippen LogP contribution in [0.25, 0.3) is 16.2 Å². The summed E-state index contributed by atoms with van der Waals surface area (Å²) in [7, 11) is 0. The lowest BCUT2D eigenvalue weighted by molar-refractivity contribution is 0.0941. The highest BCUT2D eigenvalue weighted by Gasteiger charge is 2.19. The first-order valence-corrected chi connectivity index (χ1v) is 10.3. The van der Waals surface area contributed by atoms with Crippen molar-refractivity contribution in [2.75, 3.05) is 0 Å². The van der Waals surface area contributed by atoms with Gasteiger partial charge in [-0.25, -0.2) is 4.98 Å². The summed E-state index contributed by atoms with van der Waals surface area (Å²) in [6.45, 7) is 4.03. The minimum Gasteiger partial charge on any atom is -0.349 e. The number of hydrogen-bond acceptors (Lipinski definition) is 3. The summed E-state index contributed by atoms with van der Waals surface area (Å²) in [6, 6.07) is 20.6. The predicted molar refractivity (Wildman–Crippen MR) is 115 cm³/mol. The molecule has 0 aliphatic carbocycles. The summed E-state index contributed by atoms with van der Waals surface area (Å²) in [5.74, 6) is -0.0187. The van der Waals surface area contributed by atoms with Crippen LogP contribution in [0.1, 0.15) is 34.3 Å². The molecule has 0 aliphatic rings. The fraction of sp³-hybridized carbons (Fsp3) is 0.217. The predicted octanol–water partition coefficient (Wildman–Crippen LogP) is 5.12. The molecule has 0 saturated carbocycles. The van der Waals surface area contributed by atoms with Crippen LogP contribution in [-0.4, -0.2) is 21.3 Å². The van der Waals surface area contributed by atoms with Crippen molar-refractivity contribution in [3.05, 3.63) is 83.0 Å². The number of carbonyl (C=O) groups excluding carboxylic acids is 1. The standard InChI is InChI=1S/C23H23N3OS/c1-16(13-14-18-9-5-3-6-10-18)24-22(27)21-17(2)26-15-20(25-23(26)28-21)19-11-7-4-8-12-19/h3-12,15-16H,13-14H2,1-2H3,(H,24,27). The monoisotopic (exact) mass is 389 g/mol. The molecule has 4 aromatic rings. The van der Waals surface area contributed by atoms with E-state index < -0.39 is 0 Å². The van der Waals surface area contributed by atoms with Crippen molar-refractivity contribution in [2.24, 2.45) is 0 Å². The van der Waals surface area contributed by atoms with Crippen molar-refractivity contribution < 1.29 is 4.79 Å². The quantitative estimate of drug-likeness (QED) is 0.497. The van der Waals surface area contributed by atoms with Crippen LogP contribution in [0, 0.1) is 6.92 Å². The zero-order valence-electron chi connectivity index (χ0n) is 16.1. The van der Waals surface area contributed by atoms with Crippen molar-refractivity contribution in [3.63, 3.8) is 0 Å². The molecule has 1 amide bonds. The summed E-state index contributed by atoms with van der Waals surface area (Å²) in [6.07, 6.45) is 3.87. The molecule has 5 heteroatoms. The molecule has 28 heavy (non-hydrogen) atoms. The first-order chi connectivity index (χ1) is 13.6. The van der Waals surface area contributed by atoms with Crippen molar-refractivity contribution in [1.82, 2.24) is 14.7 Å². The van der Waals surface area contributed by atoms with Crippen LogP contribution >= 0.6 is 11.3 Å². The number of nitrogens with one attached hydrogen (secondary N) is 1. The minimum atomic E-state index is -0.0187. The largest absolute Gasteiger partial charge is 0.349 e. The van der Waals surface area contributed by atoms with Gasteiger partial charge in [-0.1, -0.05) is 72.0 Å². The smallest absolute Gasteiger partial charge is 0.263 e. The highest BCUT2D eigenvalue weighted by Crippen LogP contribution is 2.27. The molecular formula is C23H23N3OS. The number of thiazole rings is 1. The average molecular weight is 390 g/mol. The molecule has 2 aromatic heterocycles. The summed E-state index contributed by atoms with van der Waals surface area (Å²) in [4.78, 5) is 19.0. The molecule has 0 bridgehead atoms. The highest BCUT2D eigenvalue weighted by atomic mass is 32.1. The third kappa shape index (κ3) is 3.85. The van der Waals surface area contributed by atoms with E-state index in [1.807, 2.05) is 66.1 Å². The number of aryl methyl sites for hydroxylation is 2. The lowest BCUT2D eigenvalue weighted by Crippen LogP contribution is -2.32. The van der Waals surface area contributed by atoms with Crippen LogP contribution in [0.5, 0.6) is 0 Å². The third-order valence-electron chi connectivity index (χ3n) is 4.92. The third-order valence-corrected chi connectivity index (χ3v) is 6.07. The Balaban J connectivity index is 1.45. The molecule has 4 nitrogen and oxygen atoms in total. The highest BCUT2D eigenvalue weighted by molar-refractivity contribution is 7.19. The van der Waals surface area contributed by atoms with Gasteiger partial charge in [-0.15, -0.1) is 0 Å². The summed E-state index contributed by atoms with van der Waals surface area (Å²) in [5.41, 5.74) is 4.24. The van der Waals surface area contributed by atoms with Gasteiger partial charge in [0.15, 0.2) is 4.96 Å². The van der Waals surface area contributed by atoms with E-state index >= 15 is 0 Å². The van der Waals surface area contributed by atoms with E-state index in [0.717, 1.165) is 39.6 Å². The van der Waals surface area contributed by atoms with Gasteiger partial charge in [-0.3, -0.25) is 9.20 Å². The van der Waals surface area contributed by atoms with E-state index in [1.54, 1.807) is 0 Å². The minimum absolute atomic E-state index is 0.0187. The zero-order valence-corrected chi connectivity index (χ0v) is 16.9. The van der Waals surface area contributed by atoms with Crippen LogP contribution in [0.4, 0.5) is 0 Å². The Labute approximate surface area is 168 Å². The SMILES string of the molecule is Cc1c(C(=O)NC(C)CCc2ccccc2)sc2nc(-c3ccccc3)cn12. The van der Waals surface area contributed by atoms with Crippen molar-refractivity contribution in [1.29, 1.82) is 0 Å². The van der Waals surface area contributed by atoms with Gasteiger partial charge >= 0.3 is 0 Å². The topological polar surface area (TPSA) is 46.4 Å². The maximum absolute atomic E-state index is 12.8. The maximum atomic E-state index is 12.8. The number of aromatic nitrogens is 2. The molecule has 4 rings (SSSR count). The number of imidazole rings is 1. The van der Waals surface area contributed by atoms with E-state index in [0.29, 0.717) is 0 Å². The first kappa shape index (κ1) is 18.4. The number of rotatable bonds is 6. The van der Waals surface area contributed by atoms with Gasteiger partial charge < -0.3 is 5.32 Å². The van der Waals surface area contributed by atoms with Crippen LogP contribution < -0.4 is 5.32 Å².